The van der Waals surface area contributed by atoms with E-state index in [0.717, 1.165) is 23.0 Å². The smallest absolute Gasteiger partial charge is 0.260 e. The van der Waals surface area contributed by atoms with E-state index in [1.165, 1.54) is 11.0 Å². The van der Waals surface area contributed by atoms with Gasteiger partial charge in [-0.1, -0.05) is 44.2 Å². The van der Waals surface area contributed by atoms with Crippen molar-refractivity contribution in [1.82, 2.24) is 4.98 Å². The third-order valence-corrected chi connectivity index (χ3v) is 5.74. The van der Waals surface area contributed by atoms with Crippen LogP contribution in [0.3, 0.4) is 0 Å². The number of fused-ring (bicyclic) bond motifs is 1. The summed E-state index contributed by atoms with van der Waals surface area (Å²) < 4.78 is 28.1. The Morgan fingerprint density at radius 3 is 2.38 bits per heavy atom. The molecule has 1 amide bonds. The van der Waals surface area contributed by atoms with Gasteiger partial charge in [-0.15, -0.1) is 0 Å². The molecule has 1 aromatic heterocycles. The molecule has 154 valence electrons. The van der Waals surface area contributed by atoms with Crippen LogP contribution in [0, 0.1) is 11.6 Å². The van der Waals surface area contributed by atoms with Crippen molar-refractivity contribution in [3.8, 4) is 0 Å². The lowest BCUT2D eigenvalue weighted by atomic mass is 9.86. The van der Waals surface area contributed by atoms with Gasteiger partial charge in [-0.3, -0.25) is 9.69 Å². The molecule has 0 aliphatic carbocycles. The molecule has 0 radical (unpaired) electrons. The Morgan fingerprint density at radius 2 is 1.79 bits per heavy atom. The first kappa shape index (κ1) is 21.3. The van der Waals surface area contributed by atoms with Gasteiger partial charge in [-0.05, 0) is 29.2 Å². The zero-order valence-corrected chi connectivity index (χ0v) is 18.2. The van der Waals surface area contributed by atoms with Gasteiger partial charge in [-0.2, -0.15) is 0 Å². The molecule has 0 bridgehead atoms. The summed E-state index contributed by atoms with van der Waals surface area (Å²) in [6.07, 6.45) is 0. The van der Waals surface area contributed by atoms with Crippen LogP contribution >= 0.6 is 11.3 Å². The molecule has 0 aliphatic rings. The second kappa shape index (κ2) is 8.16. The van der Waals surface area contributed by atoms with Crippen LogP contribution < -0.4 is 9.80 Å². The third-order valence-electron chi connectivity index (χ3n) is 4.71. The summed E-state index contributed by atoms with van der Waals surface area (Å²) in [5.41, 5.74) is 1.75. The number of hydrogen-bond acceptors (Lipinski definition) is 3. The molecule has 3 aromatic rings. The largest absolute Gasteiger partial charge is 0.338 e. The van der Waals surface area contributed by atoms with E-state index in [4.69, 9.17) is 0 Å². The number of anilines is 1. The number of hydrogen-bond donors (Lipinski definition) is 1. The van der Waals surface area contributed by atoms with Gasteiger partial charge in [0.25, 0.3) is 5.91 Å². The minimum Gasteiger partial charge on any atom is -0.338 e. The first-order valence-electron chi connectivity index (χ1n) is 9.53. The Hall–Kier alpha value is -2.38. The van der Waals surface area contributed by atoms with Gasteiger partial charge in [0.15, 0.2) is 10.9 Å². The molecule has 0 atom stereocenters. The summed E-state index contributed by atoms with van der Waals surface area (Å²) in [4.78, 5) is 20.3. The number of likely N-dealkylation sites (N-methyl/N-ethyl adjacent to an activating group) is 1. The van der Waals surface area contributed by atoms with E-state index in [1.54, 1.807) is 4.90 Å². The molecule has 7 heteroatoms. The zero-order valence-electron chi connectivity index (χ0n) is 17.3. The van der Waals surface area contributed by atoms with Gasteiger partial charge < -0.3 is 4.90 Å². The van der Waals surface area contributed by atoms with E-state index < -0.39 is 11.6 Å². The summed E-state index contributed by atoms with van der Waals surface area (Å²) in [6.45, 7) is 7.46. The highest BCUT2D eigenvalue weighted by Crippen LogP contribution is 2.32. The lowest BCUT2D eigenvalue weighted by Gasteiger charge is -2.22. The highest BCUT2D eigenvalue weighted by atomic mass is 32.1. The molecule has 2 aromatic carbocycles. The third kappa shape index (κ3) is 4.79. The number of amides is 1. The molecule has 0 saturated heterocycles. The fourth-order valence-corrected chi connectivity index (χ4v) is 3.98. The summed E-state index contributed by atoms with van der Waals surface area (Å²) in [7, 11) is 3.99. The van der Waals surface area contributed by atoms with Crippen LogP contribution in [0.25, 0.3) is 10.2 Å². The van der Waals surface area contributed by atoms with Crippen molar-refractivity contribution >= 4 is 32.6 Å². The van der Waals surface area contributed by atoms with E-state index >= 15 is 0 Å². The standard InChI is InChI=1S/C22H25F2N3OS/c1-22(2,3)15-8-6-14(7-9-15)20(28)27(11-10-26(4)5)21-25-19-17(24)12-16(23)13-18(19)29-21/h6-9,12-13H,10-11H2,1-5H3/p+1. The van der Waals surface area contributed by atoms with Crippen molar-refractivity contribution < 1.29 is 18.5 Å². The highest BCUT2D eigenvalue weighted by Gasteiger charge is 2.24. The van der Waals surface area contributed by atoms with Crippen molar-refractivity contribution in [2.75, 3.05) is 32.1 Å². The maximum Gasteiger partial charge on any atom is 0.260 e. The Bertz CT molecular complexity index is 1020. The predicted molar refractivity (Wildman–Crippen MR) is 114 cm³/mol. The first-order chi connectivity index (χ1) is 13.6. The molecule has 0 unspecified atom stereocenters. The van der Waals surface area contributed by atoms with Crippen LogP contribution in [0.5, 0.6) is 0 Å². The summed E-state index contributed by atoms with van der Waals surface area (Å²) in [5, 5.41) is 0.371. The maximum atomic E-state index is 14.1. The number of benzene rings is 2. The van der Waals surface area contributed by atoms with E-state index in [2.05, 4.69) is 25.8 Å². The van der Waals surface area contributed by atoms with Gasteiger partial charge in [0, 0.05) is 11.6 Å². The van der Waals surface area contributed by atoms with Gasteiger partial charge in [0.05, 0.1) is 31.9 Å². The number of nitrogens with one attached hydrogen (secondary N) is 1. The second-order valence-electron chi connectivity index (χ2n) is 8.47. The minimum atomic E-state index is -0.720. The number of carbonyl (C=O) groups excluding carboxylic acids is 1. The lowest BCUT2D eigenvalue weighted by Crippen LogP contribution is -3.06. The van der Waals surface area contributed by atoms with Gasteiger partial charge in [0.2, 0.25) is 0 Å². The minimum absolute atomic E-state index is 0.00974. The second-order valence-corrected chi connectivity index (χ2v) is 9.48. The number of aromatic nitrogens is 1. The number of rotatable bonds is 5. The molecule has 29 heavy (non-hydrogen) atoms. The molecule has 0 spiro atoms. The number of carbonyl (C=O) groups is 1. The molecular weight excluding hydrogens is 392 g/mol. The average molecular weight is 419 g/mol. The van der Waals surface area contributed by atoms with Crippen LogP contribution in [0.2, 0.25) is 0 Å². The molecule has 3 rings (SSSR count). The fourth-order valence-electron chi connectivity index (χ4n) is 2.95. The maximum absolute atomic E-state index is 14.1. The Morgan fingerprint density at radius 1 is 1.14 bits per heavy atom. The van der Waals surface area contributed by atoms with Crippen LogP contribution in [0.1, 0.15) is 36.7 Å². The molecular formula is C22H26F2N3OS+. The van der Waals surface area contributed by atoms with E-state index in [1.807, 2.05) is 38.4 Å². The van der Waals surface area contributed by atoms with E-state index in [9.17, 15) is 13.6 Å². The molecule has 0 saturated carbocycles. The van der Waals surface area contributed by atoms with Gasteiger partial charge in [-0.25, -0.2) is 13.8 Å². The van der Waals surface area contributed by atoms with Crippen molar-refractivity contribution in [3.63, 3.8) is 0 Å². The van der Waals surface area contributed by atoms with Crippen molar-refractivity contribution in [2.24, 2.45) is 0 Å². The normalized spacial score (nSPS) is 12.0. The monoisotopic (exact) mass is 418 g/mol. The van der Waals surface area contributed by atoms with Crippen LogP contribution in [-0.2, 0) is 5.41 Å². The lowest BCUT2D eigenvalue weighted by molar-refractivity contribution is -0.856. The Balaban J connectivity index is 1.98. The average Bonchev–Trinajstić information content (AvgIpc) is 3.05. The SMILES string of the molecule is C[NH+](C)CCN(C(=O)c1ccc(C(C)(C)C)cc1)c1nc2c(F)cc(F)cc2s1. The van der Waals surface area contributed by atoms with Crippen molar-refractivity contribution in [3.05, 3.63) is 59.2 Å². The summed E-state index contributed by atoms with van der Waals surface area (Å²) >= 11 is 1.12. The molecule has 1 heterocycles. The summed E-state index contributed by atoms with van der Waals surface area (Å²) in [5.74, 6) is -1.58. The number of nitrogens with zero attached hydrogens (tertiary/aromatic N) is 2. The number of quaternary nitrogens is 1. The number of halogens is 2. The molecule has 1 N–H and O–H groups in total. The fraction of sp³-hybridized carbons (Fsp3) is 0.364. The Kier molecular flexibility index (Phi) is 6.00. The van der Waals surface area contributed by atoms with E-state index in [-0.39, 0.29) is 16.8 Å². The van der Waals surface area contributed by atoms with Gasteiger partial charge in [0.1, 0.15) is 11.3 Å². The topological polar surface area (TPSA) is 37.6 Å². The van der Waals surface area contributed by atoms with Crippen LogP contribution in [0.15, 0.2) is 36.4 Å². The van der Waals surface area contributed by atoms with Crippen molar-refractivity contribution in [1.29, 1.82) is 0 Å². The molecule has 0 fully saturated rings. The van der Waals surface area contributed by atoms with Gasteiger partial charge >= 0.3 is 0 Å². The Labute approximate surface area is 173 Å². The molecule has 4 nitrogen and oxygen atoms in total. The number of thiazole rings is 1. The highest BCUT2D eigenvalue weighted by molar-refractivity contribution is 7.22. The quantitative estimate of drug-likeness (QED) is 0.687. The first-order valence-corrected chi connectivity index (χ1v) is 10.3. The van der Waals surface area contributed by atoms with Crippen molar-refractivity contribution in [2.45, 2.75) is 26.2 Å². The molecule has 0 aliphatic heterocycles. The van der Waals surface area contributed by atoms with Crippen LogP contribution in [-0.4, -0.2) is 38.1 Å². The van der Waals surface area contributed by atoms with E-state index in [0.29, 0.717) is 28.5 Å². The van der Waals surface area contributed by atoms with Crippen LogP contribution in [0.4, 0.5) is 13.9 Å². The zero-order chi connectivity index (χ0) is 21.3. The predicted octanol–water partition coefficient (Wildman–Crippen LogP) is 3.66. The summed E-state index contributed by atoms with van der Waals surface area (Å²) in [6, 6.07) is 9.59.